The van der Waals surface area contributed by atoms with Crippen molar-refractivity contribution in [2.24, 2.45) is 23.2 Å². The number of carbonyl (C=O) groups excluding carboxylic acids is 2. The molecular formula is C18H30N2O2. The van der Waals surface area contributed by atoms with E-state index in [9.17, 15) is 9.59 Å². The zero-order valence-electron chi connectivity index (χ0n) is 14.4. The molecule has 4 rings (SSSR count). The lowest BCUT2D eigenvalue weighted by molar-refractivity contribution is -0.157. The highest BCUT2D eigenvalue weighted by molar-refractivity contribution is 5.88. The van der Waals surface area contributed by atoms with Crippen LogP contribution < -0.4 is 5.32 Å². The molecule has 22 heavy (non-hydrogen) atoms. The van der Waals surface area contributed by atoms with E-state index in [2.05, 4.69) is 5.32 Å². The van der Waals surface area contributed by atoms with Gasteiger partial charge in [-0.1, -0.05) is 0 Å². The third-order valence-electron chi connectivity index (χ3n) is 5.73. The summed E-state index contributed by atoms with van der Waals surface area (Å²) in [5.74, 6) is 2.43. The van der Waals surface area contributed by atoms with Gasteiger partial charge in [-0.15, -0.1) is 0 Å². The molecule has 4 aliphatic rings. The van der Waals surface area contributed by atoms with Crippen LogP contribution in [0.5, 0.6) is 0 Å². The number of amides is 2. The van der Waals surface area contributed by atoms with Crippen LogP contribution in [0.4, 0.5) is 0 Å². The summed E-state index contributed by atoms with van der Waals surface area (Å²) in [6.45, 7) is 6.07. The molecule has 0 aromatic heterocycles. The Balaban J connectivity index is 1.65. The van der Waals surface area contributed by atoms with Crippen LogP contribution in [0.3, 0.4) is 0 Å². The standard InChI is InChI=1S/C18H30N2O2/c1-17(2,3)19-15(21)11-20(4)16(22)18-8-12-5-13(9-18)7-14(6-12)10-18/h12-14H,5-11H2,1-4H3,(H,19,21). The van der Waals surface area contributed by atoms with Crippen molar-refractivity contribution < 1.29 is 9.59 Å². The Hall–Kier alpha value is -1.06. The second-order valence-corrected chi connectivity index (χ2v) is 9.16. The molecule has 4 heteroatoms. The van der Waals surface area contributed by atoms with Crippen molar-refractivity contribution in [2.75, 3.05) is 13.6 Å². The van der Waals surface area contributed by atoms with Crippen molar-refractivity contribution in [3.8, 4) is 0 Å². The molecule has 4 saturated carbocycles. The molecule has 4 nitrogen and oxygen atoms in total. The van der Waals surface area contributed by atoms with E-state index in [4.69, 9.17) is 0 Å². The highest BCUT2D eigenvalue weighted by atomic mass is 16.2. The van der Waals surface area contributed by atoms with Gasteiger partial charge in [0.25, 0.3) is 0 Å². The van der Waals surface area contributed by atoms with Crippen LogP contribution in [0.2, 0.25) is 0 Å². The predicted molar refractivity (Wildman–Crippen MR) is 86.1 cm³/mol. The van der Waals surface area contributed by atoms with Crippen LogP contribution >= 0.6 is 0 Å². The summed E-state index contributed by atoms with van der Waals surface area (Å²) < 4.78 is 0. The third-order valence-corrected chi connectivity index (χ3v) is 5.73. The van der Waals surface area contributed by atoms with Crippen LogP contribution in [-0.2, 0) is 9.59 Å². The van der Waals surface area contributed by atoms with Crippen LogP contribution in [0.15, 0.2) is 0 Å². The summed E-state index contributed by atoms with van der Waals surface area (Å²) in [6.07, 6.45) is 7.18. The van der Waals surface area contributed by atoms with Crippen molar-refractivity contribution in [1.29, 1.82) is 0 Å². The second-order valence-electron chi connectivity index (χ2n) is 9.16. The van der Waals surface area contributed by atoms with E-state index < -0.39 is 0 Å². The number of hydrogen-bond acceptors (Lipinski definition) is 2. The van der Waals surface area contributed by atoms with Crippen LogP contribution in [-0.4, -0.2) is 35.8 Å². The summed E-state index contributed by atoms with van der Waals surface area (Å²) in [7, 11) is 1.79. The quantitative estimate of drug-likeness (QED) is 0.871. The first kappa shape index (κ1) is 15.8. The molecule has 0 atom stereocenters. The van der Waals surface area contributed by atoms with E-state index in [1.807, 2.05) is 20.8 Å². The molecule has 1 N–H and O–H groups in total. The highest BCUT2D eigenvalue weighted by Gasteiger charge is 2.55. The second kappa shape index (κ2) is 5.24. The summed E-state index contributed by atoms with van der Waals surface area (Å²) >= 11 is 0. The number of nitrogens with zero attached hydrogens (tertiary/aromatic N) is 1. The normalized spacial score (nSPS) is 36.3. The number of rotatable bonds is 3. The summed E-state index contributed by atoms with van der Waals surface area (Å²) in [5, 5.41) is 2.95. The van der Waals surface area contributed by atoms with E-state index in [-0.39, 0.29) is 29.3 Å². The number of likely N-dealkylation sites (N-methyl/N-ethyl adjacent to an activating group) is 1. The first-order chi connectivity index (χ1) is 10.2. The van der Waals surface area contributed by atoms with E-state index in [0.29, 0.717) is 0 Å². The average Bonchev–Trinajstić information content (AvgIpc) is 2.33. The molecule has 0 unspecified atom stereocenters. The van der Waals surface area contributed by atoms with Crippen LogP contribution in [0.1, 0.15) is 59.3 Å². The predicted octanol–water partition coefficient (Wildman–Crippen LogP) is 2.58. The first-order valence-electron chi connectivity index (χ1n) is 8.73. The maximum atomic E-state index is 13.0. The van der Waals surface area contributed by atoms with Crippen LogP contribution in [0, 0.1) is 23.2 Å². The molecule has 0 saturated heterocycles. The van der Waals surface area contributed by atoms with Crippen molar-refractivity contribution in [3.05, 3.63) is 0 Å². The van der Waals surface area contributed by atoms with Gasteiger partial charge in [0.1, 0.15) is 0 Å². The van der Waals surface area contributed by atoms with Crippen molar-refractivity contribution in [3.63, 3.8) is 0 Å². The number of carbonyl (C=O) groups is 2. The van der Waals surface area contributed by atoms with E-state index in [1.54, 1.807) is 11.9 Å². The summed E-state index contributed by atoms with van der Waals surface area (Å²) in [6, 6.07) is 0. The van der Waals surface area contributed by atoms with E-state index in [1.165, 1.54) is 19.3 Å². The Labute approximate surface area is 134 Å². The first-order valence-corrected chi connectivity index (χ1v) is 8.73. The molecule has 124 valence electrons. The maximum Gasteiger partial charge on any atom is 0.240 e. The fourth-order valence-electron chi connectivity index (χ4n) is 5.52. The lowest BCUT2D eigenvalue weighted by atomic mass is 9.49. The van der Waals surface area contributed by atoms with Gasteiger partial charge in [0.05, 0.1) is 12.0 Å². The molecule has 0 aromatic carbocycles. The van der Waals surface area contributed by atoms with Gasteiger partial charge < -0.3 is 10.2 Å². The van der Waals surface area contributed by atoms with Crippen molar-refractivity contribution in [2.45, 2.75) is 64.8 Å². The van der Waals surface area contributed by atoms with Gasteiger partial charge >= 0.3 is 0 Å². The Kier molecular flexibility index (Phi) is 3.77. The average molecular weight is 306 g/mol. The topological polar surface area (TPSA) is 49.4 Å². The van der Waals surface area contributed by atoms with E-state index in [0.717, 1.165) is 37.0 Å². The van der Waals surface area contributed by atoms with Gasteiger partial charge in [-0.05, 0) is 77.0 Å². The fraction of sp³-hybridized carbons (Fsp3) is 0.889. The highest BCUT2D eigenvalue weighted by Crippen LogP contribution is 2.60. The Morgan fingerprint density at radius 2 is 1.50 bits per heavy atom. The molecule has 4 aliphatic carbocycles. The lowest BCUT2D eigenvalue weighted by Crippen LogP contribution is -2.55. The van der Waals surface area contributed by atoms with Gasteiger partial charge in [0, 0.05) is 12.6 Å². The van der Waals surface area contributed by atoms with Crippen molar-refractivity contribution >= 4 is 11.8 Å². The minimum atomic E-state index is -0.248. The van der Waals surface area contributed by atoms with Crippen molar-refractivity contribution in [1.82, 2.24) is 10.2 Å². The van der Waals surface area contributed by atoms with Gasteiger partial charge in [0.15, 0.2) is 0 Å². The summed E-state index contributed by atoms with van der Waals surface area (Å²) in [4.78, 5) is 26.8. The SMILES string of the molecule is CN(CC(=O)NC(C)(C)C)C(=O)C12CC3CC(CC(C3)C1)C2. The zero-order chi connectivity index (χ0) is 16.1. The monoisotopic (exact) mass is 306 g/mol. The smallest absolute Gasteiger partial charge is 0.240 e. The largest absolute Gasteiger partial charge is 0.350 e. The van der Waals surface area contributed by atoms with Gasteiger partial charge in [-0.2, -0.15) is 0 Å². The minimum Gasteiger partial charge on any atom is -0.350 e. The third kappa shape index (κ3) is 3.02. The number of nitrogens with one attached hydrogen (secondary N) is 1. The Morgan fingerprint density at radius 3 is 1.91 bits per heavy atom. The molecule has 0 aliphatic heterocycles. The molecule has 0 heterocycles. The summed E-state index contributed by atoms with van der Waals surface area (Å²) in [5.41, 5.74) is -0.396. The fourth-order valence-corrected chi connectivity index (χ4v) is 5.52. The Bertz CT molecular complexity index is 443. The molecule has 2 amide bonds. The lowest BCUT2D eigenvalue weighted by Gasteiger charge is -2.56. The molecule has 0 spiro atoms. The molecule has 0 radical (unpaired) electrons. The molecule has 0 aromatic rings. The zero-order valence-corrected chi connectivity index (χ0v) is 14.4. The molecule has 4 bridgehead atoms. The van der Waals surface area contributed by atoms with E-state index >= 15 is 0 Å². The van der Waals surface area contributed by atoms with Crippen LogP contribution in [0.25, 0.3) is 0 Å². The van der Waals surface area contributed by atoms with Gasteiger partial charge in [-0.3, -0.25) is 9.59 Å². The maximum absolute atomic E-state index is 13.0. The Morgan fingerprint density at radius 1 is 1.05 bits per heavy atom. The minimum absolute atomic E-state index is 0.0620. The number of hydrogen-bond donors (Lipinski definition) is 1. The van der Waals surface area contributed by atoms with Gasteiger partial charge in [-0.25, -0.2) is 0 Å². The molecular weight excluding hydrogens is 276 g/mol. The molecule has 4 fully saturated rings. The van der Waals surface area contributed by atoms with Gasteiger partial charge in [0.2, 0.25) is 11.8 Å².